The summed E-state index contributed by atoms with van der Waals surface area (Å²) in [6.45, 7) is 0. The van der Waals surface area contributed by atoms with Crippen molar-refractivity contribution in [2.75, 3.05) is 0 Å². The Bertz CT molecular complexity index is 1050. The van der Waals surface area contributed by atoms with Gasteiger partial charge in [-0.1, -0.05) is 71.2 Å². The second-order valence-electron chi connectivity index (χ2n) is 10.3. The molecule has 4 bridgehead atoms. The largest absolute Gasteiger partial charge is 0.250 e. The molecule has 0 saturated heterocycles. The van der Waals surface area contributed by atoms with Gasteiger partial charge in [-0.15, -0.1) is 5.10 Å². The molecule has 5 saturated carbocycles. The molecule has 32 heavy (non-hydrogen) atoms. The molecule has 4 unspecified atom stereocenters. The smallest absolute Gasteiger partial charge is 0.0693 e. The zero-order chi connectivity index (χ0) is 21.7. The van der Waals surface area contributed by atoms with Crippen LogP contribution in [0.1, 0.15) is 68.0 Å². The molecule has 5 atom stereocenters. The van der Waals surface area contributed by atoms with Gasteiger partial charge >= 0.3 is 0 Å². The van der Waals surface area contributed by atoms with E-state index < -0.39 is 0 Å². The van der Waals surface area contributed by atoms with Gasteiger partial charge < -0.3 is 0 Å². The van der Waals surface area contributed by atoms with Gasteiger partial charge in [0.2, 0.25) is 0 Å². The fraction of sp³-hybridized carbons (Fsp3) is 0.481. The highest BCUT2D eigenvalue weighted by atomic mass is 35.5. The Morgan fingerprint density at radius 2 is 1.59 bits per heavy atom. The maximum Gasteiger partial charge on any atom is 0.0693 e. The lowest BCUT2D eigenvalue weighted by Gasteiger charge is -2.63. The molecule has 166 valence electrons. The van der Waals surface area contributed by atoms with Crippen molar-refractivity contribution in [1.29, 1.82) is 0 Å². The molecular weight excluding hydrogens is 437 g/mol. The van der Waals surface area contributed by atoms with Crippen molar-refractivity contribution in [3.8, 4) is 0 Å². The molecule has 0 aliphatic heterocycles. The van der Waals surface area contributed by atoms with E-state index in [1.807, 2.05) is 36.7 Å². The standard InChI is InChI=1S/C27H29Cl2N3/c28-24-7-3-1-5-21(24)26(22-6-2-4-8-25(22)29)27-16-18-9-12-23(27)19(17-27)10-11-20(15-18)32-14-13-30-31-32/h1-8,13-14,18-20,23,26H,9-12,15-17H2/t18?,19-,20?,23?,27?/m0/s1. The van der Waals surface area contributed by atoms with Crippen LogP contribution in [0.15, 0.2) is 60.9 Å². The molecular formula is C27H29Cl2N3. The topological polar surface area (TPSA) is 30.7 Å². The molecule has 1 aromatic heterocycles. The summed E-state index contributed by atoms with van der Waals surface area (Å²) in [5, 5.41) is 10.2. The maximum atomic E-state index is 6.86. The number of fused-ring (bicyclic) bond motifs is 1. The summed E-state index contributed by atoms with van der Waals surface area (Å²) in [7, 11) is 0. The van der Waals surface area contributed by atoms with Crippen LogP contribution in [0.25, 0.3) is 0 Å². The normalized spacial score (nSPS) is 31.6. The van der Waals surface area contributed by atoms with Crippen LogP contribution in [-0.4, -0.2) is 15.0 Å². The quantitative estimate of drug-likeness (QED) is 0.397. The fourth-order valence-corrected chi connectivity index (χ4v) is 8.11. The summed E-state index contributed by atoms with van der Waals surface area (Å²) in [6.07, 6.45) is 12.7. The molecule has 1 heterocycles. The number of aromatic nitrogens is 3. The van der Waals surface area contributed by atoms with Crippen LogP contribution in [0, 0.1) is 23.2 Å². The third-order valence-corrected chi connectivity index (χ3v) is 9.49. The highest BCUT2D eigenvalue weighted by Crippen LogP contribution is 2.70. The van der Waals surface area contributed by atoms with Gasteiger partial charge in [-0.25, -0.2) is 4.68 Å². The van der Waals surface area contributed by atoms with E-state index in [0.29, 0.717) is 12.0 Å². The van der Waals surface area contributed by atoms with Gasteiger partial charge in [0.1, 0.15) is 0 Å². The average molecular weight is 466 g/mol. The van der Waals surface area contributed by atoms with Crippen molar-refractivity contribution in [1.82, 2.24) is 15.0 Å². The van der Waals surface area contributed by atoms with Gasteiger partial charge in [-0.05, 0) is 85.0 Å². The van der Waals surface area contributed by atoms with Crippen LogP contribution in [0.2, 0.25) is 10.0 Å². The molecule has 0 spiro atoms. The summed E-state index contributed by atoms with van der Waals surface area (Å²) in [5.74, 6) is 2.47. The highest BCUT2D eigenvalue weighted by Gasteiger charge is 2.61. The molecule has 8 rings (SSSR count). The molecule has 5 aliphatic carbocycles. The molecule has 5 aliphatic rings. The lowest BCUT2D eigenvalue weighted by Crippen LogP contribution is -2.54. The lowest BCUT2D eigenvalue weighted by atomic mass is 9.41. The Balaban J connectivity index is 1.44. The van der Waals surface area contributed by atoms with E-state index in [0.717, 1.165) is 21.9 Å². The Morgan fingerprint density at radius 3 is 2.25 bits per heavy atom. The Morgan fingerprint density at radius 1 is 0.875 bits per heavy atom. The number of rotatable bonds is 4. The van der Waals surface area contributed by atoms with E-state index in [4.69, 9.17) is 23.2 Å². The van der Waals surface area contributed by atoms with Gasteiger partial charge in [-0.3, -0.25) is 0 Å². The van der Waals surface area contributed by atoms with Crippen LogP contribution >= 0.6 is 23.2 Å². The van der Waals surface area contributed by atoms with Crippen molar-refractivity contribution < 1.29 is 0 Å². The van der Waals surface area contributed by atoms with Gasteiger partial charge in [-0.2, -0.15) is 0 Å². The summed E-state index contributed by atoms with van der Waals surface area (Å²) < 4.78 is 2.11. The first kappa shape index (κ1) is 20.7. The minimum absolute atomic E-state index is 0.237. The van der Waals surface area contributed by atoms with Gasteiger partial charge in [0.05, 0.1) is 12.2 Å². The summed E-state index contributed by atoms with van der Waals surface area (Å²) in [4.78, 5) is 0. The second kappa shape index (κ2) is 8.18. The number of hydrogen-bond acceptors (Lipinski definition) is 2. The lowest BCUT2D eigenvalue weighted by molar-refractivity contribution is -0.106. The van der Waals surface area contributed by atoms with Crippen molar-refractivity contribution >= 4 is 23.2 Å². The predicted octanol–water partition coefficient (Wildman–Crippen LogP) is 7.56. The Labute approximate surface area is 200 Å². The first-order valence-electron chi connectivity index (χ1n) is 12.0. The molecule has 3 nitrogen and oxygen atoms in total. The first-order valence-corrected chi connectivity index (χ1v) is 12.8. The minimum atomic E-state index is 0.237. The Hall–Kier alpha value is -1.84. The zero-order valence-corrected chi connectivity index (χ0v) is 19.7. The Kier molecular flexibility index (Phi) is 5.30. The van der Waals surface area contributed by atoms with E-state index in [-0.39, 0.29) is 11.3 Å². The molecule has 0 radical (unpaired) electrons. The van der Waals surface area contributed by atoms with E-state index >= 15 is 0 Å². The van der Waals surface area contributed by atoms with Crippen molar-refractivity contribution in [3.63, 3.8) is 0 Å². The molecule has 0 amide bonds. The van der Waals surface area contributed by atoms with E-state index in [9.17, 15) is 0 Å². The van der Waals surface area contributed by atoms with Crippen LogP contribution in [0.4, 0.5) is 0 Å². The van der Waals surface area contributed by atoms with Crippen molar-refractivity contribution in [3.05, 3.63) is 82.1 Å². The van der Waals surface area contributed by atoms with E-state index in [1.54, 1.807) is 0 Å². The van der Waals surface area contributed by atoms with Gasteiger partial charge in [0.25, 0.3) is 0 Å². The maximum absolute atomic E-state index is 6.86. The van der Waals surface area contributed by atoms with E-state index in [2.05, 4.69) is 39.3 Å². The molecule has 3 aromatic rings. The summed E-state index contributed by atoms with van der Waals surface area (Å²) in [5.41, 5.74) is 2.73. The number of halogens is 2. The SMILES string of the molecule is Clc1ccccc1C(c1ccccc1Cl)C12CC3CCC1[C@@H](CCC(n1ccnn1)C3)C2. The van der Waals surface area contributed by atoms with Crippen molar-refractivity contribution in [2.24, 2.45) is 23.2 Å². The third-order valence-electron chi connectivity index (χ3n) is 8.80. The third kappa shape index (κ3) is 3.31. The van der Waals surface area contributed by atoms with Crippen LogP contribution in [0.5, 0.6) is 0 Å². The monoisotopic (exact) mass is 465 g/mol. The highest BCUT2D eigenvalue weighted by molar-refractivity contribution is 6.32. The molecule has 0 N–H and O–H groups in total. The van der Waals surface area contributed by atoms with Crippen LogP contribution in [-0.2, 0) is 0 Å². The van der Waals surface area contributed by atoms with Crippen molar-refractivity contribution in [2.45, 2.75) is 56.9 Å². The first-order chi connectivity index (χ1) is 15.7. The van der Waals surface area contributed by atoms with Crippen LogP contribution in [0.3, 0.4) is 0 Å². The average Bonchev–Trinajstić information content (AvgIpc) is 3.35. The van der Waals surface area contributed by atoms with Crippen LogP contribution < -0.4 is 0 Å². The minimum Gasteiger partial charge on any atom is -0.250 e. The molecule has 5 heteroatoms. The van der Waals surface area contributed by atoms with Gasteiger partial charge in [0.15, 0.2) is 0 Å². The van der Waals surface area contributed by atoms with E-state index in [1.165, 1.54) is 56.1 Å². The summed E-state index contributed by atoms with van der Waals surface area (Å²) in [6, 6.07) is 17.4. The predicted molar refractivity (Wildman–Crippen MR) is 129 cm³/mol. The second-order valence-corrected chi connectivity index (χ2v) is 11.1. The molecule has 5 fully saturated rings. The molecule has 2 aromatic carbocycles. The fourth-order valence-electron chi connectivity index (χ4n) is 7.62. The number of nitrogens with zero attached hydrogens (tertiary/aromatic N) is 3. The number of benzene rings is 2. The zero-order valence-electron chi connectivity index (χ0n) is 18.2. The van der Waals surface area contributed by atoms with Gasteiger partial charge in [0, 0.05) is 22.2 Å². The summed E-state index contributed by atoms with van der Waals surface area (Å²) >= 11 is 13.7. The number of hydrogen-bond donors (Lipinski definition) is 0.